The fourth-order valence-electron chi connectivity index (χ4n) is 6.21. The third-order valence-corrected chi connectivity index (χ3v) is 7.64. The number of carbonyl (C=O) groups is 4. The molecule has 0 spiro atoms. The number of nitrogens with zero attached hydrogens (tertiary/aromatic N) is 1. The SMILES string of the molecule is CCOc1ccc(NC(=O)COC(=O)CN2C(=O)[C@@H]3C4c5ccccc5C(c5ccccc54)[C@@H]3C2=O)cc1. The normalized spacial score (nSPS) is 22.4. The summed E-state index contributed by atoms with van der Waals surface area (Å²) >= 11 is 0. The van der Waals surface area contributed by atoms with E-state index in [0.717, 1.165) is 27.2 Å². The van der Waals surface area contributed by atoms with Crippen LogP contribution in [0.4, 0.5) is 5.69 Å². The van der Waals surface area contributed by atoms with Crippen LogP contribution < -0.4 is 10.1 Å². The first-order valence-corrected chi connectivity index (χ1v) is 12.7. The number of imide groups is 1. The van der Waals surface area contributed by atoms with Crippen molar-refractivity contribution >= 4 is 29.4 Å². The quantitative estimate of drug-likeness (QED) is 0.386. The lowest BCUT2D eigenvalue weighted by atomic mass is 9.55. The molecule has 1 fully saturated rings. The maximum absolute atomic E-state index is 13.6. The Morgan fingerprint density at radius 3 is 1.76 bits per heavy atom. The maximum Gasteiger partial charge on any atom is 0.326 e. The summed E-state index contributed by atoms with van der Waals surface area (Å²) in [6.45, 7) is 1.36. The summed E-state index contributed by atoms with van der Waals surface area (Å²) in [5.74, 6) is -3.00. The molecular formula is C30H26N2O6. The Morgan fingerprint density at radius 1 is 0.789 bits per heavy atom. The van der Waals surface area contributed by atoms with Gasteiger partial charge >= 0.3 is 5.97 Å². The lowest BCUT2D eigenvalue weighted by Crippen LogP contribution is -2.41. The maximum atomic E-state index is 13.6. The predicted molar refractivity (Wildman–Crippen MR) is 137 cm³/mol. The zero-order chi connectivity index (χ0) is 26.4. The Balaban J connectivity index is 1.14. The van der Waals surface area contributed by atoms with E-state index >= 15 is 0 Å². The van der Waals surface area contributed by atoms with Crippen LogP contribution in [0.15, 0.2) is 72.8 Å². The van der Waals surface area contributed by atoms with E-state index < -0.39 is 36.9 Å². The van der Waals surface area contributed by atoms with Gasteiger partial charge in [-0.1, -0.05) is 48.5 Å². The number of ether oxygens (including phenoxy) is 2. The molecule has 3 aromatic rings. The first-order chi connectivity index (χ1) is 18.5. The lowest BCUT2D eigenvalue weighted by Gasteiger charge is -2.45. The zero-order valence-corrected chi connectivity index (χ0v) is 20.8. The van der Waals surface area contributed by atoms with E-state index in [1.165, 1.54) is 0 Å². The van der Waals surface area contributed by atoms with Crippen molar-refractivity contribution in [2.24, 2.45) is 11.8 Å². The minimum Gasteiger partial charge on any atom is -0.494 e. The fraction of sp³-hybridized carbons (Fsp3) is 0.267. The van der Waals surface area contributed by atoms with Crippen LogP contribution in [0, 0.1) is 11.8 Å². The van der Waals surface area contributed by atoms with Crippen molar-refractivity contribution < 1.29 is 28.7 Å². The average Bonchev–Trinajstić information content (AvgIpc) is 3.18. The van der Waals surface area contributed by atoms with Crippen molar-refractivity contribution in [3.8, 4) is 5.75 Å². The Morgan fingerprint density at radius 2 is 1.29 bits per heavy atom. The van der Waals surface area contributed by atoms with Crippen molar-refractivity contribution in [2.45, 2.75) is 18.8 Å². The van der Waals surface area contributed by atoms with E-state index in [1.807, 2.05) is 55.5 Å². The largest absolute Gasteiger partial charge is 0.494 e. The molecule has 2 bridgehead atoms. The fourth-order valence-corrected chi connectivity index (χ4v) is 6.21. The first-order valence-electron chi connectivity index (χ1n) is 12.7. The van der Waals surface area contributed by atoms with Gasteiger partial charge in [0.25, 0.3) is 5.91 Å². The summed E-state index contributed by atoms with van der Waals surface area (Å²) in [4.78, 5) is 53.0. The molecule has 1 aliphatic heterocycles. The number of benzene rings is 3. The number of nitrogens with one attached hydrogen (secondary N) is 1. The van der Waals surface area contributed by atoms with Crippen molar-refractivity contribution in [2.75, 3.05) is 25.1 Å². The van der Waals surface area contributed by atoms with Gasteiger partial charge in [0, 0.05) is 17.5 Å². The molecule has 7 rings (SSSR count). The van der Waals surface area contributed by atoms with Gasteiger partial charge in [-0.15, -0.1) is 0 Å². The molecule has 3 aromatic carbocycles. The van der Waals surface area contributed by atoms with Crippen molar-refractivity contribution in [1.82, 2.24) is 4.90 Å². The highest BCUT2D eigenvalue weighted by molar-refractivity contribution is 6.09. The molecule has 1 heterocycles. The predicted octanol–water partition coefficient (Wildman–Crippen LogP) is 3.46. The first kappa shape index (κ1) is 23.9. The molecule has 192 valence electrons. The average molecular weight is 511 g/mol. The minimum atomic E-state index is -0.811. The van der Waals surface area contributed by atoms with Crippen LogP contribution in [0.1, 0.15) is 41.0 Å². The smallest absolute Gasteiger partial charge is 0.326 e. The number of likely N-dealkylation sites (tertiary alicyclic amines) is 1. The molecule has 2 atom stereocenters. The number of esters is 1. The summed E-state index contributed by atoms with van der Waals surface area (Å²) in [7, 11) is 0. The molecule has 4 aliphatic rings. The number of hydrogen-bond acceptors (Lipinski definition) is 6. The third kappa shape index (κ3) is 3.84. The molecule has 1 N–H and O–H groups in total. The number of anilines is 1. The second kappa shape index (κ2) is 9.45. The lowest BCUT2D eigenvalue weighted by molar-refractivity contribution is -0.154. The minimum absolute atomic E-state index is 0.241. The standard InChI is InChI=1S/C30H26N2O6/c1-2-37-18-13-11-17(12-14-18)31-23(33)16-38-24(34)15-32-29(35)27-25-19-7-3-4-8-20(19)26(28(27)30(32)36)22-10-6-5-9-21(22)25/h3-14,25-28H,2,15-16H2,1H3,(H,31,33)/t25?,26?,27-,28+. The van der Waals surface area contributed by atoms with Gasteiger partial charge in [-0.05, 0) is 53.4 Å². The highest BCUT2D eigenvalue weighted by Gasteiger charge is 2.61. The molecule has 0 radical (unpaired) electrons. The van der Waals surface area contributed by atoms with E-state index in [1.54, 1.807) is 24.3 Å². The second-order valence-corrected chi connectivity index (χ2v) is 9.69. The molecule has 8 nitrogen and oxygen atoms in total. The zero-order valence-electron chi connectivity index (χ0n) is 20.8. The number of amides is 3. The van der Waals surface area contributed by atoms with Gasteiger partial charge in [-0.2, -0.15) is 0 Å². The molecule has 0 aromatic heterocycles. The van der Waals surface area contributed by atoms with Crippen molar-refractivity contribution in [1.29, 1.82) is 0 Å². The van der Waals surface area contributed by atoms with Gasteiger partial charge in [-0.25, -0.2) is 0 Å². The van der Waals surface area contributed by atoms with Gasteiger partial charge in [-0.3, -0.25) is 24.1 Å². The third-order valence-electron chi connectivity index (χ3n) is 7.64. The molecular weight excluding hydrogens is 484 g/mol. The monoisotopic (exact) mass is 510 g/mol. The molecule has 0 unspecified atom stereocenters. The Kier molecular flexibility index (Phi) is 5.94. The van der Waals surface area contributed by atoms with Gasteiger partial charge < -0.3 is 14.8 Å². The number of carbonyl (C=O) groups excluding carboxylic acids is 4. The highest BCUT2D eigenvalue weighted by atomic mass is 16.5. The van der Waals surface area contributed by atoms with Crippen LogP contribution in [0.5, 0.6) is 5.75 Å². The van der Waals surface area contributed by atoms with Crippen LogP contribution in [-0.4, -0.2) is 48.3 Å². The summed E-state index contributed by atoms with van der Waals surface area (Å²) in [5.41, 5.74) is 4.78. The Labute approximate surface area is 219 Å². The van der Waals surface area contributed by atoms with Crippen molar-refractivity contribution in [3.63, 3.8) is 0 Å². The molecule has 38 heavy (non-hydrogen) atoms. The van der Waals surface area contributed by atoms with E-state index in [9.17, 15) is 19.2 Å². The van der Waals surface area contributed by atoms with Crippen LogP contribution in [-0.2, 0) is 23.9 Å². The summed E-state index contributed by atoms with van der Waals surface area (Å²) in [6.07, 6.45) is 0. The molecule has 3 amide bonds. The summed E-state index contributed by atoms with van der Waals surface area (Å²) in [6, 6.07) is 22.7. The van der Waals surface area contributed by atoms with Crippen LogP contribution in [0.2, 0.25) is 0 Å². The van der Waals surface area contributed by atoms with Gasteiger partial charge in [0.2, 0.25) is 11.8 Å². The molecule has 8 heteroatoms. The van der Waals surface area contributed by atoms with E-state index in [-0.39, 0.29) is 23.7 Å². The van der Waals surface area contributed by atoms with Crippen LogP contribution >= 0.6 is 0 Å². The van der Waals surface area contributed by atoms with Gasteiger partial charge in [0.05, 0.1) is 18.4 Å². The van der Waals surface area contributed by atoms with Gasteiger partial charge in [0.1, 0.15) is 12.3 Å². The second-order valence-electron chi connectivity index (χ2n) is 9.69. The van der Waals surface area contributed by atoms with Crippen LogP contribution in [0.3, 0.4) is 0 Å². The Bertz CT molecular complexity index is 1330. The topological polar surface area (TPSA) is 102 Å². The number of rotatable bonds is 7. The summed E-state index contributed by atoms with van der Waals surface area (Å²) in [5, 5.41) is 2.64. The van der Waals surface area contributed by atoms with Crippen molar-refractivity contribution in [3.05, 3.63) is 95.1 Å². The highest BCUT2D eigenvalue weighted by Crippen LogP contribution is 2.60. The van der Waals surface area contributed by atoms with E-state index in [4.69, 9.17) is 9.47 Å². The molecule has 1 saturated heterocycles. The number of hydrogen-bond donors (Lipinski definition) is 1. The molecule has 0 saturated carbocycles. The van der Waals surface area contributed by atoms with E-state index in [0.29, 0.717) is 18.0 Å². The summed E-state index contributed by atoms with van der Waals surface area (Å²) < 4.78 is 10.5. The van der Waals surface area contributed by atoms with E-state index in [2.05, 4.69) is 5.32 Å². The van der Waals surface area contributed by atoms with Gasteiger partial charge in [0.15, 0.2) is 6.61 Å². The molecule has 3 aliphatic carbocycles. The van der Waals surface area contributed by atoms with Crippen LogP contribution in [0.25, 0.3) is 0 Å². The Hall–Kier alpha value is -4.46.